The van der Waals surface area contributed by atoms with E-state index in [4.69, 9.17) is 11.6 Å². The minimum absolute atomic E-state index is 0.0352. The molecule has 3 N–H and O–H groups in total. The highest BCUT2D eigenvalue weighted by Crippen LogP contribution is 2.54. The van der Waals surface area contributed by atoms with Crippen LogP contribution in [0.4, 0.5) is 18.9 Å². The molecule has 2 unspecified atom stereocenters. The van der Waals surface area contributed by atoms with Crippen molar-refractivity contribution in [2.45, 2.75) is 48.9 Å². The number of rotatable bonds is 6. The zero-order chi connectivity index (χ0) is 27.3. The van der Waals surface area contributed by atoms with Gasteiger partial charge in [0, 0.05) is 36.9 Å². The normalized spacial score (nSPS) is 27.1. The molecule has 2 bridgehead atoms. The van der Waals surface area contributed by atoms with Gasteiger partial charge < -0.3 is 15.7 Å². The van der Waals surface area contributed by atoms with E-state index >= 15 is 0 Å². The topological polar surface area (TPSA) is 113 Å². The Balaban J connectivity index is 1.59. The standard InChI is InChI=1S/C25H26ClF3N2O5S/c1-12-5-15-7-17(10-18(12)25(15,34)11-30-13(2)32)37(35,36)22-6-14(3-4-19(22)26)24(33)31-16-8-20(27)23(29)21(28)9-16/h3-4,6,8-9,12,15,17-18,34H,5,7,10-11H2,1-2H3,(H,30,32)(H,31,33)/t12-,15?,17+,18?,25+/m0/s1. The first-order valence-electron chi connectivity index (χ1n) is 11.7. The van der Waals surface area contributed by atoms with Crippen LogP contribution < -0.4 is 10.6 Å². The molecule has 12 heteroatoms. The van der Waals surface area contributed by atoms with Gasteiger partial charge in [-0.2, -0.15) is 0 Å². The van der Waals surface area contributed by atoms with E-state index < -0.39 is 44.0 Å². The highest BCUT2D eigenvalue weighted by Gasteiger charge is 2.58. The molecule has 2 aromatic carbocycles. The number of hydrogen-bond acceptors (Lipinski definition) is 5. The van der Waals surface area contributed by atoms with Gasteiger partial charge in [-0.15, -0.1) is 0 Å². The summed E-state index contributed by atoms with van der Waals surface area (Å²) in [7, 11) is -4.05. The molecule has 2 aliphatic carbocycles. The molecule has 2 aliphatic rings. The number of halogens is 4. The number of sulfone groups is 1. The maximum Gasteiger partial charge on any atom is 0.255 e. The summed E-state index contributed by atoms with van der Waals surface area (Å²) in [6.45, 7) is 3.33. The van der Waals surface area contributed by atoms with E-state index in [0.29, 0.717) is 18.6 Å². The Labute approximate surface area is 217 Å². The number of aliphatic hydroxyl groups is 1. The zero-order valence-corrected chi connectivity index (χ0v) is 21.6. The van der Waals surface area contributed by atoms with Gasteiger partial charge in [0.05, 0.1) is 20.8 Å². The lowest BCUT2D eigenvalue weighted by Crippen LogP contribution is -2.55. The second kappa shape index (κ2) is 9.92. The van der Waals surface area contributed by atoms with Crippen LogP contribution in [0.5, 0.6) is 0 Å². The second-order valence-electron chi connectivity index (χ2n) is 9.91. The van der Waals surface area contributed by atoms with Crippen molar-refractivity contribution in [1.82, 2.24) is 5.32 Å². The molecule has 37 heavy (non-hydrogen) atoms. The van der Waals surface area contributed by atoms with E-state index in [0.717, 1.165) is 6.07 Å². The Morgan fingerprint density at radius 2 is 1.76 bits per heavy atom. The van der Waals surface area contributed by atoms with Crippen molar-refractivity contribution >= 4 is 38.9 Å². The van der Waals surface area contributed by atoms with Gasteiger partial charge in [-0.05, 0) is 55.2 Å². The molecule has 0 aliphatic heterocycles. The van der Waals surface area contributed by atoms with E-state index in [1.165, 1.54) is 19.1 Å². The molecule has 2 saturated carbocycles. The van der Waals surface area contributed by atoms with Crippen molar-refractivity contribution in [3.05, 3.63) is 58.4 Å². The molecular weight excluding hydrogens is 533 g/mol. The maximum atomic E-state index is 13.7. The lowest BCUT2D eigenvalue weighted by atomic mass is 9.73. The minimum atomic E-state index is -4.05. The Bertz CT molecular complexity index is 1350. The Hall–Kier alpha value is -2.63. The van der Waals surface area contributed by atoms with Gasteiger partial charge in [-0.25, -0.2) is 21.6 Å². The molecule has 200 valence electrons. The van der Waals surface area contributed by atoms with Gasteiger partial charge in [0.2, 0.25) is 5.91 Å². The smallest absolute Gasteiger partial charge is 0.255 e. The second-order valence-corrected chi connectivity index (χ2v) is 12.5. The SMILES string of the molecule is CC(=O)NC[C@@]1(O)C2C[C@@H](S(=O)(=O)c3cc(C(=O)Nc4cc(F)c(F)c(F)c4)ccc3Cl)CC1[C@@H](C)C2. The lowest BCUT2D eigenvalue weighted by Gasteiger charge is -2.43. The summed E-state index contributed by atoms with van der Waals surface area (Å²) >= 11 is 6.23. The molecule has 4 rings (SSSR count). The van der Waals surface area contributed by atoms with Crippen LogP contribution in [0.2, 0.25) is 5.02 Å². The number of benzene rings is 2. The molecule has 5 atom stereocenters. The van der Waals surface area contributed by atoms with E-state index in [1.807, 2.05) is 6.92 Å². The third kappa shape index (κ3) is 5.08. The fourth-order valence-corrected chi connectivity index (χ4v) is 8.09. The highest BCUT2D eigenvalue weighted by molar-refractivity contribution is 7.92. The van der Waals surface area contributed by atoms with Crippen LogP contribution in [0, 0.1) is 35.2 Å². The van der Waals surface area contributed by atoms with Gasteiger partial charge >= 0.3 is 0 Å². The van der Waals surface area contributed by atoms with E-state index in [2.05, 4.69) is 10.6 Å². The average Bonchev–Trinajstić information content (AvgIpc) is 2.94. The van der Waals surface area contributed by atoms with Gasteiger partial charge in [0.25, 0.3) is 5.91 Å². The third-order valence-electron chi connectivity index (χ3n) is 7.56. The van der Waals surface area contributed by atoms with E-state index in [9.17, 15) is 36.3 Å². The van der Waals surface area contributed by atoms with Crippen LogP contribution in [0.15, 0.2) is 35.2 Å². The summed E-state index contributed by atoms with van der Waals surface area (Å²) in [5.41, 5.74) is -1.71. The number of nitrogens with one attached hydrogen (secondary N) is 2. The van der Waals surface area contributed by atoms with E-state index in [1.54, 1.807) is 0 Å². The van der Waals surface area contributed by atoms with Crippen LogP contribution in [0.25, 0.3) is 0 Å². The summed E-state index contributed by atoms with van der Waals surface area (Å²) in [6.07, 6.45) is 0.908. The van der Waals surface area contributed by atoms with Gasteiger partial charge in [-0.3, -0.25) is 9.59 Å². The monoisotopic (exact) mass is 558 g/mol. The molecular formula is C25H26ClF3N2O5S. The molecule has 0 spiro atoms. The summed E-state index contributed by atoms with van der Waals surface area (Å²) < 4.78 is 67.6. The predicted molar refractivity (Wildman–Crippen MR) is 130 cm³/mol. The molecule has 0 radical (unpaired) electrons. The Kier molecular flexibility index (Phi) is 7.35. The van der Waals surface area contributed by atoms with Crippen LogP contribution >= 0.6 is 11.6 Å². The molecule has 2 fully saturated rings. The predicted octanol–water partition coefficient (Wildman–Crippen LogP) is 4.09. The fraction of sp³-hybridized carbons (Fsp3) is 0.440. The zero-order valence-electron chi connectivity index (χ0n) is 20.0. The lowest BCUT2D eigenvalue weighted by molar-refractivity contribution is -0.122. The first kappa shape index (κ1) is 27.4. The molecule has 2 aromatic rings. The van der Waals surface area contributed by atoms with Crippen molar-refractivity contribution < 1.29 is 36.3 Å². The van der Waals surface area contributed by atoms with E-state index in [-0.39, 0.29) is 64.2 Å². The third-order valence-corrected chi connectivity index (χ3v) is 10.2. The number of carbonyl (C=O) groups excluding carboxylic acids is 2. The van der Waals surface area contributed by atoms with Crippen molar-refractivity contribution in [2.75, 3.05) is 11.9 Å². The molecule has 2 amide bonds. The number of hydrogen-bond donors (Lipinski definition) is 3. The Morgan fingerprint density at radius 3 is 2.35 bits per heavy atom. The van der Waals surface area contributed by atoms with Crippen LogP contribution in [-0.2, 0) is 14.6 Å². The first-order valence-corrected chi connectivity index (χ1v) is 13.6. The van der Waals surface area contributed by atoms with Crippen LogP contribution in [-0.4, -0.2) is 42.7 Å². The Morgan fingerprint density at radius 1 is 1.11 bits per heavy atom. The maximum absolute atomic E-state index is 13.7. The molecule has 0 aromatic heterocycles. The van der Waals surface area contributed by atoms with Gasteiger partial charge in [0.1, 0.15) is 0 Å². The average molecular weight is 559 g/mol. The van der Waals surface area contributed by atoms with Crippen molar-refractivity contribution in [3.8, 4) is 0 Å². The number of fused-ring (bicyclic) bond motifs is 2. The molecule has 0 heterocycles. The largest absolute Gasteiger partial charge is 0.387 e. The van der Waals surface area contributed by atoms with Crippen molar-refractivity contribution in [1.29, 1.82) is 0 Å². The number of carbonyl (C=O) groups is 2. The summed E-state index contributed by atoms with van der Waals surface area (Å²) in [5.74, 6) is -6.52. The first-order chi connectivity index (χ1) is 17.2. The summed E-state index contributed by atoms with van der Waals surface area (Å²) in [5, 5.41) is 15.2. The molecule has 0 saturated heterocycles. The van der Waals surface area contributed by atoms with Crippen LogP contribution in [0.3, 0.4) is 0 Å². The fourth-order valence-electron chi connectivity index (χ4n) is 5.71. The minimum Gasteiger partial charge on any atom is -0.387 e. The highest BCUT2D eigenvalue weighted by atomic mass is 35.5. The molecule has 7 nitrogen and oxygen atoms in total. The van der Waals surface area contributed by atoms with Crippen molar-refractivity contribution in [2.24, 2.45) is 17.8 Å². The number of amides is 2. The quantitative estimate of drug-likeness (QED) is 0.462. The van der Waals surface area contributed by atoms with Gasteiger partial charge in [0.15, 0.2) is 27.3 Å². The summed E-state index contributed by atoms with van der Waals surface area (Å²) in [6, 6.07) is 4.79. The summed E-state index contributed by atoms with van der Waals surface area (Å²) in [4.78, 5) is 23.8. The number of anilines is 1. The van der Waals surface area contributed by atoms with Gasteiger partial charge in [-0.1, -0.05) is 18.5 Å². The van der Waals surface area contributed by atoms with Crippen LogP contribution in [0.1, 0.15) is 43.5 Å². The van der Waals surface area contributed by atoms with Crippen molar-refractivity contribution in [3.63, 3.8) is 0 Å².